The van der Waals surface area contributed by atoms with E-state index in [1.807, 2.05) is 0 Å². The van der Waals surface area contributed by atoms with Gasteiger partial charge in [-0.25, -0.2) is 0 Å². The summed E-state index contributed by atoms with van der Waals surface area (Å²) in [7, 11) is 0. The summed E-state index contributed by atoms with van der Waals surface area (Å²) in [5, 5.41) is 3.48. The molecule has 3 N–H and O–H groups in total. The summed E-state index contributed by atoms with van der Waals surface area (Å²) in [6, 6.07) is 12.9. The van der Waals surface area contributed by atoms with Gasteiger partial charge < -0.3 is 11.1 Å². The molecule has 0 saturated carbocycles. The van der Waals surface area contributed by atoms with Gasteiger partial charge >= 0.3 is 0 Å². The lowest BCUT2D eigenvalue weighted by molar-refractivity contribution is 0.806. The highest BCUT2D eigenvalue weighted by Crippen LogP contribution is 2.25. The molecule has 90 valence electrons. The Morgan fingerprint density at radius 2 is 2.06 bits per heavy atom. The molecule has 0 saturated heterocycles. The van der Waals surface area contributed by atoms with Crippen molar-refractivity contribution in [3.05, 3.63) is 51.7 Å². The molecule has 1 unspecified atom stereocenters. The highest BCUT2D eigenvalue weighted by molar-refractivity contribution is 7.12. The second-order valence-corrected chi connectivity index (χ2v) is 5.57. The highest BCUT2D eigenvalue weighted by atomic mass is 32.1. The minimum atomic E-state index is 0.204. The summed E-state index contributed by atoms with van der Waals surface area (Å²) in [4.78, 5) is 2.62. The van der Waals surface area contributed by atoms with Crippen LogP contribution in [-0.2, 0) is 0 Å². The average Bonchev–Trinajstić information content (AvgIpc) is 2.73. The van der Waals surface area contributed by atoms with E-state index in [0.29, 0.717) is 6.54 Å². The molecule has 2 rings (SSSR count). The quantitative estimate of drug-likeness (QED) is 0.866. The van der Waals surface area contributed by atoms with Gasteiger partial charge in [0.1, 0.15) is 0 Å². The molecule has 1 aromatic carbocycles. The molecular weight excluding hydrogens is 228 g/mol. The number of anilines is 1. The minimum Gasteiger partial charge on any atom is -0.376 e. The summed E-state index contributed by atoms with van der Waals surface area (Å²) < 4.78 is 0. The topological polar surface area (TPSA) is 38.0 Å². The summed E-state index contributed by atoms with van der Waals surface area (Å²) in [5.74, 6) is 0. The molecule has 17 heavy (non-hydrogen) atoms. The number of nitrogens with one attached hydrogen (secondary N) is 1. The Balaban J connectivity index is 2.15. The maximum absolute atomic E-state index is 5.84. The van der Waals surface area contributed by atoms with E-state index in [9.17, 15) is 0 Å². The molecule has 0 aliphatic carbocycles. The fraction of sp³-hybridized carbons (Fsp3) is 0.286. The first-order chi connectivity index (χ1) is 8.19. The van der Waals surface area contributed by atoms with Crippen LogP contribution in [0.3, 0.4) is 0 Å². The predicted octanol–water partition coefficient (Wildman–Crippen LogP) is 3.48. The van der Waals surface area contributed by atoms with Gasteiger partial charge in [0, 0.05) is 22.0 Å². The van der Waals surface area contributed by atoms with Crippen molar-refractivity contribution in [3.8, 4) is 0 Å². The standard InChI is InChI=1S/C14H18N2S/c1-10-4-3-5-12(8-10)16-13(9-15)14-7-6-11(2)17-14/h3-8,13,16H,9,15H2,1-2H3. The van der Waals surface area contributed by atoms with E-state index in [2.05, 4.69) is 55.6 Å². The van der Waals surface area contributed by atoms with Crippen LogP contribution in [0.5, 0.6) is 0 Å². The van der Waals surface area contributed by atoms with Crippen LogP contribution in [0.4, 0.5) is 5.69 Å². The molecule has 1 heterocycles. The molecule has 0 fully saturated rings. The molecule has 0 spiro atoms. The van der Waals surface area contributed by atoms with E-state index in [4.69, 9.17) is 5.73 Å². The van der Waals surface area contributed by atoms with Crippen LogP contribution < -0.4 is 11.1 Å². The van der Waals surface area contributed by atoms with Gasteiger partial charge in [-0.3, -0.25) is 0 Å². The Kier molecular flexibility index (Phi) is 3.82. The second-order valence-electron chi connectivity index (χ2n) is 4.25. The van der Waals surface area contributed by atoms with Crippen molar-refractivity contribution in [2.45, 2.75) is 19.9 Å². The van der Waals surface area contributed by atoms with Gasteiger partial charge in [-0.2, -0.15) is 0 Å². The van der Waals surface area contributed by atoms with Crippen LogP contribution in [-0.4, -0.2) is 6.54 Å². The largest absolute Gasteiger partial charge is 0.376 e. The van der Waals surface area contributed by atoms with Gasteiger partial charge in [-0.05, 0) is 43.7 Å². The zero-order chi connectivity index (χ0) is 12.3. The monoisotopic (exact) mass is 246 g/mol. The molecular formula is C14H18N2S. The third-order valence-electron chi connectivity index (χ3n) is 2.70. The number of benzene rings is 1. The SMILES string of the molecule is Cc1cccc(NC(CN)c2ccc(C)s2)c1. The number of hydrogen-bond donors (Lipinski definition) is 2. The Bertz CT molecular complexity index is 490. The van der Waals surface area contributed by atoms with Crippen molar-refractivity contribution < 1.29 is 0 Å². The number of thiophene rings is 1. The Morgan fingerprint density at radius 1 is 1.24 bits per heavy atom. The van der Waals surface area contributed by atoms with Gasteiger partial charge in [-0.1, -0.05) is 12.1 Å². The maximum atomic E-state index is 5.84. The first-order valence-electron chi connectivity index (χ1n) is 5.78. The van der Waals surface area contributed by atoms with Gasteiger partial charge in [-0.15, -0.1) is 11.3 Å². The molecule has 2 aromatic rings. The number of aryl methyl sites for hydroxylation is 2. The first kappa shape index (κ1) is 12.1. The average molecular weight is 246 g/mol. The van der Waals surface area contributed by atoms with Crippen LogP contribution in [0.25, 0.3) is 0 Å². The third kappa shape index (κ3) is 3.08. The summed E-state index contributed by atoms with van der Waals surface area (Å²) >= 11 is 1.80. The lowest BCUT2D eigenvalue weighted by Gasteiger charge is -2.17. The van der Waals surface area contributed by atoms with Crippen molar-refractivity contribution in [2.75, 3.05) is 11.9 Å². The van der Waals surface area contributed by atoms with E-state index in [1.165, 1.54) is 15.3 Å². The summed E-state index contributed by atoms with van der Waals surface area (Å²) in [6.07, 6.45) is 0. The van der Waals surface area contributed by atoms with E-state index >= 15 is 0 Å². The van der Waals surface area contributed by atoms with Crippen molar-refractivity contribution in [3.63, 3.8) is 0 Å². The normalized spacial score (nSPS) is 12.4. The van der Waals surface area contributed by atoms with Gasteiger partial charge in [0.25, 0.3) is 0 Å². The minimum absolute atomic E-state index is 0.204. The van der Waals surface area contributed by atoms with Crippen molar-refractivity contribution in [1.82, 2.24) is 0 Å². The first-order valence-corrected chi connectivity index (χ1v) is 6.60. The van der Waals surface area contributed by atoms with E-state index in [0.717, 1.165) is 5.69 Å². The molecule has 0 radical (unpaired) electrons. The molecule has 0 aliphatic heterocycles. The van der Waals surface area contributed by atoms with Crippen molar-refractivity contribution >= 4 is 17.0 Å². The zero-order valence-electron chi connectivity index (χ0n) is 10.2. The molecule has 0 bridgehead atoms. The van der Waals surface area contributed by atoms with Crippen molar-refractivity contribution in [2.24, 2.45) is 5.73 Å². The Labute approximate surface area is 106 Å². The molecule has 0 amide bonds. The van der Waals surface area contributed by atoms with Gasteiger partial charge in [0.15, 0.2) is 0 Å². The smallest absolute Gasteiger partial charge is 0.0728 e. The second kappa shape index (κ2) is 5.34. The summed E-state index contributed by atoms with van der Waals surface area (Å²) in [6.45, 7) is 4.82. The molecule has 1 aromatic heterocycles. The molecule has 0 aliphatic rings. The third-order valence-corrected chi connectivity index (χ3v) is 3.81. The number of rotatable bonds is 4. The van der Waals surface area contributed by atoms with Crippen LogP contribution in [0.2, 0.25) is 0 Å². The van der Waals surface area contributed by atoms with Gasteiger partial charge in [0.05, 0.1) is 6.04 Å². The Hall–Kier alpha value is -1.32. The fourth-order valence-electron chi connectivity index (χ4n) is 1.82. The van der Waals surface area contributed by atoms with Crippen LogP contribution in [0, 0.1) is 13.8 Å². The lowest BCUT2D eigenvalue weighted by Crippen LogP contribution is -2.19. The number of nitrogens with two attached hydrogens (primary N) is 1. The highest BCUT2D eigenvalue weighted by Gasteiger charge is 2.11. The van der Waals surface area contributed by atoms with Crippen LogP contribution in [0.15, 0.2) is 36.4 Å². The fourth-order valence-corrected chi connectivity index (χ4v) is 2.76. The van der Waals surface area contributed by atoms with Crippen molar-refractivity contribution in [1.29, 1.82) is 0 Å². The summed E-state index contributed by atoms with van der Waals surface area (Å²) in [5.41, 5.74) is 8.23. The number of hydrogen-bond acceptors (Lipinski definition) is 3. The molecule has 1 atom stereocenters. The van der Waals surface area contributed by atoms with Crippen LogP contribution in [0.1, 0.15) is 21.4 Å². The molecule has 3 heteroatoms. The predicted molar refractivity (Wildman–Crippen MR) is 75.7 cm³/mol. The van der Waals surface area contributed by atoms with Gasteiger partial charge in [0.2, 0.25) is 0 Å². The van der Waals surface area contributed by atoms with E-state index in [-0.39, 0.29) is 6.04 Å². The molecule has 2 nitrogen and oxygen atoms in total. The van der Waals surface area contributed by atoms with E-state index in [1.54, 1.807) is 11.3 Å². The van der Waals surface area contributed by atoms with Crippen LogP contribution >= 0.6 is 11.3 Å². The lowest BCUT2D eigenvalue weighted by atomic mass is 10.2. The zero-order valence-corrected chi connectivity index (χ0v) is 11.1. The van der Waals surface area contributed by atoms with E-state index < -0.39 is 0 Å². The Morgan fingerprint density at radius 3 is 2.65 bits per heavy atom. The maximum Gasteiger partial charge on any atom is 0.0728 e.